The summed E-state index contributed by atoms with van der Waals surface area (Å²) in [5.41, 5.74) is 3.98. The van der Waals surface area contributed by atoms with Crippen LogP contribution in [0.1, 0.15) is 78.3 Å². The van der Waals surface area contributed by atoms with E-state index >= 15 is 0 Å². The molecule has 0 unspecified atom stereocenters. The zero-order chi connectivity index (χ0) is 24.0. The Morgan fingerprint density at radius 1 is 1.03 bits per heavy atom. The first-order chi connectivity index (χ1) is 17.2. The molecule has 1 saturated carbocycles. The van der Waals surface area contributed by atoms with Gasteiger partial charge in [-0.2, -0.15) is 0 Å². The van der Waals surface area contributed by atoms with Gasteiger partial charge in [0.2, 0.25) is 0 Å². The van der Waals surface area contributed by atoms with E-state index in [0.717, 1.165) is 54.1 Å². The maximum absolute atomic E-state index is 13.2. The molecule has 7 heteroatoms. The SMILES string of the molecule is O=C1NC=CC=C[C](=[W])c2nccn2CCCCCCCc2ccc(-n3cnc(C4CC4)c3)cc21. The van der Waals surface area contributed by atoms with Gasteiger partial charge < -0.3 is 0 Å². The Morgan fingerprint density at radius 2 is 1.89 bits per heavy atom. The van der Waals surface area contributed by atoms with E-state index in [1.165, 1.54) is 55.4 Å². The number of aromatic nitrogens is 4. The minimum absolute atomic E-state index is 0.0722. The van der Waals surface area contributed by atoms with Crippen molar-refractivity contribution in [3.63, 3.8) is 0 Å². The Kier molecular flexibility index (Phi) is 7.68. The number of hydrogen-bond donors (Lipinski definition) is 1. The van der Waals surface area contributed by atoms with Gasteiger partial charge in [-0.25, -0.2) is 4.98 Å². The minimum atomic E-state index is -0.0722. The molecule has 1 amide bonds. The molecule has 5 rings (SSSR count). The molecule has 3 aromatic rings. The van der Waals surface area contributed by atoms with Gasteiger partial charge in [-0.05, 0) is 12.8 Å². The monoisotopic (exact) mass is 637 g/mol. The number of amides is 1. The maximum atomic E-state index is 13.2. The van der Waals surface area contributed by atoms with Crippen LogP contribution >= 0.6 is 0 Å². The van der Waals surface area contributed by atoms with Crippen molar-refractivity contribution in [1.82, 2.24) is 24.4 Å². The van der Waals surface area contributed by atoms with Gasteiger partial charge in [0.15, 0.2) is 0 Å². The third-order valence-electron chi connectivity index (χ3n) is 6.68. The number of rotatable bonds is 2. The Hall–Kier alpha value is -2.85. The average molecular weight is 637 g/mol. The quantitative estimate of drug-likeness (QED) is 0.430. The van der Waals surface area contributed by atoms with Crippen LogP contribution in [0.3, 0.4) is 0 Å². The summed E-state index contributed by atoms with van der Waals surface area (Å²) < 4.78 is 5.48. The van der Waals surface area contributed by atoms with E-state index in [-0.39, 0.29) is 5.91 Å². The van der Waals surface area contributed by atoms with Gasteiger partial charge in [0, 0.05) is 5.92 Å². The van der Waals surface area contributed by atoms with Crippen molar-refractivity contribution in [3.8, 4) is 5.69 Å². The number of imidazole rings is 2. The van der Waals surface area contributed by atoms with Crippen LogP contribution in [0, 0.1) is 0 Å². The predicted octanol–water partition coefficient (Wildman–Crippen LogP) is 5.02. The first kappa shape index (κ1) is 23.9. The summed E-state index contributed by atoms with van der Waals surface area (Å²) in [4.78, 5) is 22.3. The molecule has 2 aromatic heterocycles. The third-order valence-corrected chi connectivity index (χ3v) is 7.83. The number of nitrogens with one attached hydrogen (secondary N) is 1. The molecule has 0 saturated heterocycles. The number of fused-ring (bicyclic) bond motifs is 2. The molecule has 1 aliphatic carbocycles. The van der Waals surface area contributed by atoms with Crippen LogP contribution in [0.15, 0.2) is 67.5 Å². The van der Waals surface area contributed by atoms with Crippen LogP contribution in [0.2, 0.25) is 0 Å². The van der Waals surface area contributed by atoms with Crippen LogP contribution in [0.5, 0.6) is 0 Å². The molecule has 180 valence electrons. The average Bonchev–Trinajstić information content (AvgIpc) is 3.40. The van der Waals surface area contributed by atoms with E-state index in [9.17, 15) is 4.79 Å². The molecule has 6 nitrogen and oxygen atoms in total. The van der Waals surface area contributed by atoms with E-state index in [1.54, 1.807) is 6.20 Å². The normalized spacial score (nSPS) is 17.8. The van der Waals surface area contributed by atoms with Crippen molar-refractivity contribution in [3.05, 3.63) is 90.2 Å². The second-order valence-corrected chi connectivity index (χ2v) is 10.9. The fourth-order valence-corrected chi connectivity index (χ4v) is 5.43. The summed E-state index contributed by atoms with van der Waals surface area (Å²) in [6.45, 7) is 1.01. The van der Waals surface area contributed by atoms with Crippen LogP contribution in [-0.2, 0) is 32.3 Å². The molecule has 1 N–H and O–H groups in total. The summed E-state index contributed by atoms with van der Waals surface area (Å²) in [6.07, 6.45) is 24.7. The van der Waals surface area contributed by atoms with Crippen LogP contribution in [0.4, 0.5) is 0 Å². The van der Waals surface area contributed by atoms with E-state index in [2.05, 4.69) is 50.5 Å². The van der Waals surface area contributed by atoms with Gasteiger partial charge in [-0.1, -0.05) is 0 Å². The second-order valence-electron chi connectivity index (χ2n) is 9.34. The van der Waals surface area contributed by atoms with Crippen LogP contribution in [0.25, 0.3) is 5.69 Å². The fraction of sp³-hybridized carbons (Fsp3) is 0.357. The summed E-state index contributed by atoms with van der Waals surface area (Å²) in [6, 6.07) is 6.23. The molecule has 0 bridgehead atoms. The van der Waals surface area contributed by atoms with Gasteiger partial charge >= 0.3 is 189 Å². The standard InChI is InChI=1S/C28H31N5O.W/c34-28-25-19-24(33-20-26(31-21-33)23-11-12-23)14-13-22(25)9-5-2-1-3-8-17-32-18-16-29-27(32)10-6-4-7-15-30-28;/h4,6-7,13-16,18-21,23H,1-3,5,8-9,11-12,17H2,(H,30,34);. The predicted molar refractivity (Wildman–Crippen MR) is 134 cm³/mol. The topological polar surface area (TPSA) is 64.7 Å². The van der Waals surface area contributed by atoms with Crippen molar-refractivity contribution in [1.29, 1.82) is 0 Å². The van der Waals surface area contributed by atoms with Crippen LogP contribution in [-0.4, -0.2) is 28.9 Å². The number of aryl methyl sites for hydroxylation is 2. The van der Waals surface area contributed by atoms with E-state index in [1.807, 2.05) is 35.3 Å². The fourth-order valence-electron chi connectivity index (χ4n) is 4.54. The Balaban J connectivity index is 1.36. The Labute approximate surface area is 217 Å². The van der Waals surface area contributed by atoms with E-state index < -0.39 is 0 Å². The molecular formula is C28H31N5OW. The molecule has 0 atom stereocenters. The second kappa shape index (κ2) is 11.3. The van der Waals surface area contributed by atoms with Crippen molar-refractivity contribution in [2.75, 3.05) is 0 Å². The summed E-state index contributed by atoms with van der Waals surface area (Å²) >= 11 is 1.38. The summed E-state index contributed by atoms with van der Waals surface area (Å²) in [5, 5.41) is 2.97. The van der Waals surface area contributed by atoms with Gasteiger partial charge in [0.25, 0.3) is 0 Å². The number of carbonyl (C=O) groups is 1. The van der Waals surface area contributed by atoms with Crippen molar-refractivity contribution < 1.29 is 24.1 Å². The van der Waals surface area contributed by atoms with Crippen molar-refractivity contribution >= 4 is 9.81 Å². The van der Waals surface area contributed by atoms with Gasteiger partial charge in [-0.3, -0.25) is 0 Å². The number of hydrogen-bond acceptors (Lipinski definition) is 3. The molecule has 1 fully saturated rings. The Bertz CT molecular complexity index is 1260. The molecular weight excluding hydrogens is 606 g/mol. The molecule has 0 radical (unpaired) electrons. The zero-order valence-electron chi connectivity index (χ0n) is 19.9. The van der Waals surface area contributed by atoms with E-state index in [4.69, 9.17) is 0 Å². The van der Waals surface area contributed by atoms with Gasteiger partial charge in [-0.15, -0.1) is 0 Å². The number of nitrogens with zero attached hydrogens (tertiary/aromatic N) is 4. The van der Waals surface area contributed by atoms with Crippen molar-refractivity contribution in [2.45, 2.75) is 63.8 Å². The molecule has 0 spiro atoms. The molecule has 35 heavy (non-hydrogen) atoms. The van der Waals surface area contributed by atoms with Gasteiger partial charge in [0.1, 0.15) is 0 Å². The third kappa shape index (κ3) is 6.05. The number of benzene rings is 1. The number of allylic oxidation sites excluding steroid dienone is 3. The first-order valence-corrected chi connectivity index (χ1v) is 14.0. The van der Waals surface area contributed by atoms with E-state index in [0.29, 0.717) is 5.92 Å². The Morgan fingerprint density at radius 3 is 2.77 bits per heavy atom. The number of carbonyl (C=O) groups excluding carboxylic acids is 1. The molecule has 3 heterocycles. The van der Waals surface area contributed by atoms with Crippen LogP contribution < -0.4 is 5.32 Å². The first-order valence-electron chi connectivity index (χ1n) is 12.6. The summed E-state index contributed by atoms with van der Waals surface area (Å²) in [5.74, 6) is 1.58. The van der Waals surface area contributed by atoms with Crippen molar-refractivity contribution in [2.24, 2.45) is 0 Å². The zero-order valence-corrected chi connectivity index (χ0v) is 22.8. The summed E-state index contributed by atoms with van der Waals surface area (Å²) in [7, 11) is 0. The molecule has 1 aromatic carbocycles. The van der Waals surface area contributed by atoms with Gasteiger partial charge in [0.05, 0.1) is 5.69 Å². The molecule has 2 aliphatic rings. The molecule has 1 aliphatic heterocycles.